The van der Waals surface area contributed by atoms with Crippen LogP contribution in [0, 0.1) is 5.41 Å². The van der Waals surface area contributed by atoms with Gasteiger partial charge in [0.05, 0.1) is 0 Å². The van der Waals surface area contributed by atoms with Crippen LogP contribution in [0.2, 0.25) is 0 Å². The molecule has 0 bridgehead atoms. The number of aliphatic hydroxyl groups is 2. The topological polar surface area (TPSA) is 40.5 Å². The lowest BCUT2D eigenvalue weighted by atomic mass is 9.89. The van der Waals surface area contributed by atoms with Gasteiger partial charge in [-0.05, 0) is 30.8 Å². The van der Waals surface area contributed by atoms with E-state index in [9.17, 15) is 0 Å². The van der Waals surface area contributed by atoms with Gasteiger partial charge in [-0.2, -0.15) is 0 Å². The minimum absolute atomic E-state index is 0.426. The van der Waals surface area contributed by atoms with Crippen LogP contribution in [0.1, 0.15) is 52.9 Å². The molecule has 0 radical (unpaired) electrons. The van der Waals surface area contributed by atoms with Crippen molar-refractivity contribution in [2.24, 2.45) is 5.41 Å². The molecule has 0 aromatic carbocycles. The fourth-order valence-electron chi connectivity index (χ4n) is 1.21. The molecule has 0 saturated heterocycles. The van der Waals surface area contributed by atoms with Crippen molar-refractivity contribution in [1.82, 2.24) is 0 Å². The summed E-state index contributed by atoms with van der Waals surface area (Å²) in [6.45, 7) is 6.73. The van der Waals surface area contributed by atoms with E-state index in [1.807, 2.05) is 0 Å². The van der Waals surface area contributed by atoms with Gasteiger partial charge >= 0.3 is 0 Å². The van der Waals surface area contributed by atoms with E-state index in [4.69, 9.17) is 10.2 Å². The molecule has 2 N–H and O–H groups in total. The quantitative estimate of drug-likeness (QED) is 0.504. The molecule has 2 heteroatoms. The van der Waals surface area contributed by atoms with Crippen LogP contribution in [0.5, 0.6) is 0 Å². The Kier molecular flexibility index (Phi) is 5.60. The molecule has 0 aliphatic heterocycles. The average molecular weight is 186 g/mol. The lowest BCUT2D eigenvalue weighted by Crippen LogP contribution is -2.03. The highest BCUT2D eigenvalue weighted by Crippen LogP contribution is 2.22. The Morgan fingerprint density at radius 2 is 1.69 bits per heavy atom. The van der Waals surface area contributed by atoms with Crippen molar-refractivity contribution >= 4 is 0 Å². The molecular formula is C11H22O2. The molecule has 0 amide bonds. The molecular weight excluding hydrogens is 164 g/mol. The molecule has 0 aromatic rings. The smallest absolute Gasteiger partial charge is 0.269 e. The monoisotopic (exact) mass is 186 g/mol. The summed E-state index contributed by atoms with van der Waals surface area (Å²) in [4.78, 5) is 0. The molecule has 0 spiro atoms. The third kappa shape index (κ3) is 11.3. The zero-order chi connectivity index (χ0) is 10.3. The molecule has 0 unspecified atom stereocenters. The third-order valence-corrected chi connectivity index (χ3v) is 1.96. The fraction of sp³-hybridized carbons (Fsp3) is 0.818. The van der Waals surface area contributed by atoms with E-state index in [0.29, 0.717) is 5.41 Å². The van der Waals surface area contributed by atoms with E-state index in [1.165, 1.54) is 25.3 Å². The number of hydrogen-bond acceptors (Lipinski definition) is 2. The Morgan fingerprint density at radius 3 is 2.15 bits per heavy atom. The summed E-state index contributed by atoms with van der Waals surface area (Å²) in [7, 11) is 0. The maximum absolute atomic E-state index is 8.45. The molecule has 0 atom stereocenters. The number of hydrogen-bond donors (Lipinski definition) is 2. The maximum Gasteiger partial charge on any atom is 0.269 e. The molecule has 0 saturated carbocycles. The largest absolute Gasteiger partial charge is 0.481 e. The van der Waals surface area contributed by atoms with E-state index in [-0.39, 0.29) is 0 Å². The van der Waals surface area contributed by atoms with Crippen LogP contribution in [-0.4, -0.2) is 10.2 Å². The van der Waals surface area contributed by atoms with Gasteiger partial charge in [-0.1, -0.05) is 33.6 Å². The molecule has 2 nitrogen and oxygen atoms in total. The lowest BCUT2D eigenvalue weighted by molar-refractivity contribution is 0.189. The minimum Gasteiger partial charge on any atom is -0.481 e. The van der Waals surface area contributed by atoms with Gasteiger partial charge in [-0.15, -0.1) is 0 Å². The Balaban J connectivity index is 3.23. The second-order valence-corrected chi connectivity index (χ2v) is 4.72. The summed E-state index contributed by atoms with van der Waals surface area (Å²) in [5.74, 6) is -0.546. The van der Waals surface area contributed by atoms with Gasteiger partial charge in [0.25, 0.3) is 5.95 Å². The zero-order valence-electron chi connectivity index (χ0n) is 9.01. The van der Waals surface area contributed by atoms with Crippen LogP contribution in [0.4, 0.5) is 0 Å². The van der Waals surface area contributed by atoms with Crippen molar-refractivity contribution in [1.29, 1.82) is 0 Å². The van der Waals surface area contributed by atoms with Gasteiger partial charge in [-0.25, -0.2) is 0 Å². The molecule has 13 heavy (non-hydrogen) atoms. The number of allylic oxidation sites excluding steroid dienone is 1. The van der Waals surface area contributed by atoms with Crippen molar-refractivity contribution in [3.8, 4) is 0 Å². The summed E-state index contributed by atoms with van der Waals surface area (Å²) < 4.78 is 0. The predicted octanol–water partition coefficient (Wildman–Crippen LogP) is 3.94. The van der Waals surface area contributed by atoms with Crippen LogP contribution in [-0.2, 0) is 0 Å². The highest BCUT2D eigenvalue weighted by molar-refractivity contribution is 4.78. The summed E-state index contributed by atoms with van der Waals surface area (Å²) in [6, 6.07) is 0. The molecule has 0 rings (SSSR count). The number of aliphatic hydroxyl groups excluding tert-OH is 1. The SMILES string of the molecule is CC(C)(C)CCCCCC=C(O)O. The zero-order valence-corrected chi connectivity index (χ0v) is 9.01. The lowest BCUT2D eigenvalue weighted by Gasteiger charge is -2.17. The van der Waals surface area contributed by atoms with Crippen molar-refractivity contribution in [2.45, 2.75) is 52.9 Å². The second-order valence-electron chi connectivity index (χ2n) is 4.72. The predicted molar refractivity (Wildman–Crippen MR) is 55.9 cm³/mol. The summed E-state index contributed by atoms with van der Waals surface area (Å²) in [5.41, 5.74) is 0.426. The summed E-state index contributed by atoms with van der Waals surface area (Å²) in [6.07, 6.45) is 6.90. The average Bonchev–Trinajstić information content (AvgIpc) is 1.93. The van der Waals surface area contributed by atoms with Gasteiger partial charge in [0.2, 0.25) is 0 Å². The number of rotatable bonds is 5. The minimum atomic E-state index is -0.546. The van der Waals surface area contributed by atoms with Crippen molar-refractivity contribution < 1.29 is 10.2 Å². The molecule has 0 aromatic heterocycles. The summed E-state index contributed by atoms with van der Waals surface area (Å²) in [5, 5.41) is 16.9. The van der Waals surface area contributed by atoms with Crippen LogP contribution in [0.25, 0.3) is 0 Å². The van der Waals surface area contributed by atoms with Gasteiger partial charge in [0.15, 0.2) is 0 Å². The van der Waals surface area contributed by atoms with E-state index >= 15 is 0 Å². The first-order valence-corrected chi connectivity index (χ1v) is 5.00. The Labute approximate surface area is 81.3 Å². The normalized spacial score (nSPS) is 11.3. The highest BCUT2D eigenvalue weighted by Gasteiger charge is 2.08. The van der Waals surface area contributed by atoms with E-state index in [0.717, 1.165) is 12.8 Å². The van der Waals surface area contributed by atoms with Gasteiger partial charge in [0, 0.05) is 0 Å². The molecule has 78 valence electrons. The van der Waals surface area contributed by atoms with Crippen LogP contribution < -0.4 is 0 Å². The second kappa shape index (κ2) is 5.90. The van der Waals surface area contributed by atoms with Crippen molar-refractivity contribution in [2.75, 3.05) is 0 Å². The van der Waals surface area contributed by atoms with Crippen LogP contribution >= 0.6 is 0 Å². The van der Waals surface area contributed by atoms with Crippen molar-refractivity contribution in [3.05, 3.63) is 12.0 Å². The Bertz CT molecular complexity index is 150. The fourth-order valence-corrected chi connectivity index (χ4v) is 1.21. The molecule has 0 fully saturated rings. The van der Waals surface area contributed by atoms with E-state index in [1.54, 1.807) is 0 Å². The van der Waals surface area contributed by atoms with E-state index < -0.39 is 5.95 Å². The van der Waals surface area contributed by atoms with Crippen LogP contribution in [0.15, 0.2) is 12.0 Å². The molecule has 0 aliphatic carbocycles. The van der Waals surface area contributed by atoms with Crippen LogP contribution in [0.3, 0.4) is 0 Å². The first-order valence-electron chi connectivity index (χ1n) is 5.00. The van der Waals surface area contributed by atoms with Gasteiger partial charge < -0.3 is 10.2 Å². The first kappa shape index (κ1) is 12.3. The third-order valence-electron chi connectivity index (χ3n) is 1.96. The highest BCUT2D eigenvalue weighted by atomic mass is 16.5. The Hall–Kier alpha value is -0.660. The van der Waals surface area contributed by atoms with Crippen molar-refractivity contribution in [3.63, 3.8) is 0 Å². The maximum atomic E-state index is 8.45. The van der Waals surface area contributed by atoms with Gasteiger partial charge in [-0.3, -0.25) is 0 Å². The molecule has 0 heterocycles. The first-order chi connectivity index (χ1) is 5.92. The summed E-state index contributed by atoms with van der Waals surface area (Å²) >= 11 is 0. The van der Waals surface area contributed by atoms with E-state index in [2.05, 4.69) is 20.8 Å². The van der Waals surface area contributed by atoms with Gasteiger partial charge in [0.1, 0.15) is 0 Å². The molecule has 0 aliphatic rings. The Morgan fingerprint density at radius 1 is 1.08 bits per heavy atom. The standard InChI is InChI=1S/C11H22O2/c1-11(2,3)9-7-5-4-6-8-10(12)13/h8,12-13H,4-7,9H2,1-3H3. The number of unbranched alkanes of at least 4 members (excludes halogenated alkanes) is 3.